The maximum Gasteiger partial charge on any atom is 0.0697 e. The summed E-state index contributed by atoms with van der Waals surface area (Å²) in [6.07, 6.45) is 15.2. The van der Waals surface area contributed by atoms with E-state index in [1.807, 2.05) is 0 Å². The van der Waals surface area contributed by atoms with Crippen LogP contribution in [0, 0.1) is 5.92 Å². The summed E-state index contributed by atoms with van der Waals surface area (Å²) in [5.41, 5.74) is 0.268. The Balaban J connectivity index is 1.47. The van der Waals surface area contributed by atoms with E-state index in [-0.39, 0.29) is 5.60 Å². The van der Waals surface area contributed by atoms with E-state index < -0.39 is 0 Å². The number of ether oxygens (including phenoxy) is 1. The lowest BCUT2D eigenvalue weighted by Gasteiger charge is -2.44. The summed E-state index contributed by atoms with van der Waals surface area (Å²) in [4.78, 5) is 0. The first-order valence-corrected chi connectivity index (χ1v) is 8.24. The van der Waals surface area contributed by atoms with Crippen molar-refractivity contribution >= 4 is 0 Å². The van der Waals surface area contributed by atoms with E-state index in [0.717, 1.165) is 18.6 Å². The van der Waals surface area contributed by atoms with Gasteiger partial charge in [0.2, 0.25) is 0 Å². The fourth-order valence-electron chi connectivity index (χ4n) is 4.29. The Morgan fingerprint density at radius 3 is 2.50 bits per heavy atom. The lowest BCUT2D eigenvalue weighted by molar-refractivity contribution is -0.109. The summed E-state index contributed by atoms with van der Waals surface area (Å²) in [7, 11) is 0. The van der Waals surface area contributed by atoms with Crippen LogP contribution in [0.1, 0.15) is 70.6 Å². The second-order valence-corrected chi connectivity index (χ2v) is 6.84. The Morgan fingerprint density at radius 1 is 0.944 bits per heavy atom. The van der Waals surface area contributed by atoms with Crippen molar-refractivity contribution in [2.75, 3.05) is 13.2 Å². The minimum atomic E-state index is 0.268. The van der Waals surface area contributed by atoms with Crippen LogP contribution in [-0.4, -0.2) is 24.8 Å². The molecule has 3 fully saturated rings. The zero-order valence-electron chi connectivity index (χ0n) is 11.8. The molecule has 2 nitrogen and oxygen atoms in total. The van der Waals surface area contributed by atoms with Crippen molar-refractivity contribution in [3.05, 3.63) is 0 Å². The fraction of sp³-hybridized carbons (Fsp3) is 1.00. The standard InChI is InChI=1S/C16H29NO/c1-4-9-16(10-5-1)12-15(8-11-18-16)17-13-14-6-2-3-7-14/h14-15,17H,1-13H2. The predicted molar refractivity (Wildman–Crippen MR) is 74.8 cm³/mol. The highest BCUT2D eigenvalue weighted by Crippen LogP contribution is 2.38. The minimum Gasteiger partial charge on any atom is -0.375 e. The zero-order valence-corrected chi connectivity index (χ0v) is 11.8. The van der Waals surface area contributed by atoms with Crippen molar-refractivity contribution in [2.45, 2.75) is 82.3 Å². The molecule has 0 bridgehead atoms. The molecule has 1 unspecified atom stereocenters. The number of hydrogen-bond acceptors (Lipinski definition) is 2. The molecule has 18 heavy (non-hydrogen) atoms. The van der Waals surface area contributed by atoms with Crippen LogP contribution in [-0.2, 0) is 4.74 Å². The van der Waals surface area contributed by atoms with Crippen LogP contribution in [0.25, 0.3) is 0 Å². The molecule has 0 amide bonds. The molecule has 1 aliphatic heterocycles. The van der Waals surface area contributed by atoms with Crippen LogP contribution in [0.3, 0.4) is 0 Å². The molecule has 1 heterocycles. The van der Waals surface area contributed by atoms with Crippen molar-refractivity contribution in [2.24, 2.45) is 5.92 Å². The average molecular weight is 251 g/mol. The van der Waals surface area contributed by atoms with Crippen molar-refractivity contribution in [3.8, 4) is 0 Å². The van der Waals surface area contributed by atoms with Gasteiger partial charge < -0.3 is 10.1 Å². The Hall–Kier alpha value is -0.0800. The van der Waals surface area contributed by atoms with E-state index in [0.29, 0.717) is 0 Å². The highest BCUT2D eigenvalue weighted by atomic mass is 16.5. The van der Waals surface area contributed by atoms with Crippen LogP contribution in [0.4, 0.5) is 0 Å². The molecule has 1 spiro atoms. The van der Waals surface area contributed by atoms with Crippen molar-refractivity contribution in [3.63, 3.8) is 0 Å². The van der Waals surface area contributed by atoms with E-state index in [4.69, 9.17) is 4.74 Å². The maximum atomic E-state index is 6.17. The van der Waals surface area contributed by atoms with Gasteiger partial charge >= 0.3 is 0 Å². The van der Waals surface area contributed by atoms with Gasteiger partial charge in [-0.3, -0.25) is 0 Å². The van der Waals surface area contributed by atoms with E-state index in [1.165, 1.54) is 77.2 Å². The van der Waals surface area contributed by atoms with Gasteiger partial charge in [-0.25, -0.2) is 0 Å². The molecule has 3 aliphatic rings. The lowest BCUT2D eigenvalue weighted by atomic mass is 9.78. The first kappa shape index (κ1) is 12.9. The lowest BCUT2D eigenvalue weighted by Crippen LogP contribution is -2.48. The third-order valence-electron chi connectivity index (χ3n) is 5.43. The van der Waals surface area contributed by atoms with Gasteiger partial charge in [-0.1, -0.05) is 32.1 Å². The Kier molecular flexibility index (Phi) is 4.25. The quantitative estimate of drug-likeness (QED) is 0.826. The molecule has 1 saturated heterocycles. The molecule has 3 rings (SSSR count). The first-order valence-electron chi connectivity index (χ1n) is 8.24. The van der Waals surface area contributed by atoms with Gasteiger partial charge in [0.1, 0.15) is 0 Å². The molecule has 104 valence electrons. The van der Waals surface area contributed by atoms with Gasteiger partial charge in [0.05, 0.1) is 5.60 Å². The van der Waals surface area contributed by atoms with Crippen LogP contribution in [0.2, 0.25) is 0 Å². The first-order chi connectivity index (χ1) is 8.86. The molecule has 0 radical (unpaired) electrons. The molecular weight excluding hydrogens is 222 g/mol. The molecule has 0 aromatic carbocycles. The van der Waals surface area contributed by atoms with Gasteiger partial charge in [-0.05, 0) is 51.0 Å². The monoisotopic (exact) mass is 251 g/mol. The average Bonchev–Trinajstić information content (AvgIpc) is 2.91. The van der Waals surface area contributed by atoms with Gasteiger partial charge in [0.15, 0.2) is 0 Å². The molecule has 2 saturated carbocycles. The van der Waals surface area contributed by atoms with Crippen LogP contribution in [0.15, 0.2) is 0 Å². The predicted octanol–water partition coefficient (Wildman–Crippen LogP) is 3.65. The summed E-state index contributed by atoms with van der Waals surface area (Å²) in [5.74, 6) is 0.968. The van der Waals surface area contributed by atoms with Gasteiger partial charge in [0, 0.05) is 12.6 Å². The Bertz CT molecular complexity index is 248. The van der Waals surface area contributed by atoms with Crippen LogP contribution in [0.5, 0.6) is 0 Å². The van der Waals surface area contributed by atoms with Gasteiger partial charge in [-0.2, -0.15) is 0 Å². The highest BCUT2D eigenvalue weighted by molar-refractivity contribution is 4.92. The summed E-state index contributed by atoms with van der Waals surface area (Å²) in [5, 5.41) is 3.86. The van der Waals surface area contributed by atoms with Crippen LogP contribution >= 0.6 is 0 Å². The Morgan fingerprint density at radius 2 is 1.72 bits per heavy atom. The van der Waals surface area contributed by atoms with Gasteiger partial charge in [-0.15, -0.1) is 0 Å². The molecule has 1 N–H and O–H groups in total. The molecule has 2 aliphatic carbocycles. The maximum absolute atomic E-state index is 6.17. The summed E-state index contributed by atoms with van der Waals surface area (Å²) in [6.45, 7) is 2.25. The second kappa shape index (κ2) is 5.92. The SMILES string of the molecule is C1CCC2(CC1)CC(NCC1CCCC1)CCO2. The molecule has 0 aromatic heterocycles. The summed E-state index contributed by atoms with van der Waals surface area (Å²) >= 11 is 0. The molecule has 0 aromatic rings. The Labute approximate surface area is 112 Å². The van der Waals surface area contributed by atoms with E-state index >= 15 is 0 Å². The fourth-order valence-corrected chi connectivity index (χ4v) is 4.29. The zero-order chi connectivity index (χ0) is 12.3. The number of rotatable bonds is 3. The third kappa shape index (κ3) is 3.08. The van der Waals surface area contributed by atoms with Crippen molar-refractivity contribution < 1.29 is 4.74 Å². The largest absolute Gasteiger partial charge is 0.375 e. The van der Waals surface area contributed by atoms with E-state index in [2.05, 4.69) is 5.32 Å². The topological polar surface area (TPSA) is 21.3 Å². The second-order valence-electron chi connectivity index (χ2n) is 6.84. The number of hydrogen-bond donors (Lipinski definition) is 1. The summed E-state index contributed by atoms with van der Waals surface area (Å²) in [6, 6.07) is 0.734. The van der Waals surface area contributed by atoms with Crippen molar-refractivity contribution in [1.29, 1.82) is 0 Å². The van der Waals surface area contributed by atoms with Crippen molar-refractivity contribution in [1.82, 2.24) is 5.32 Å². The minimum absolute atomic E-state index is 0.268. The molecule has 2 heteroatoms. The number of nitrogens with one attached hydrogen (secondary N) is 1. The van der Waals surface area contributed by atoms with Crippen LogP contribution < -0.4 is 5.32 Å². The smallest absolute Gasteiger partial charge is 0.0697 e. The normalized spacial score (nSPS) is 33.0. The molecule has 1 atom stereocenters. The van der Waals surface area contributed by atoms with Gasteiger partial charge in [0.25, 0.3) is 0 Å². The van der Waals surface area contributed by atoms with E-state index in [9.17, 15) is 0 Å². The third-order valence-corrected chi connectivity index (χ3v) is 5.43. The summed E-state index contributed by atoms with van der Waals surface area (Å²) < 4.78 is 6.17. The molecular formula is C16H29NO. The van der Waals surface area contributed by atoms with E-state index in [1.54, 1.807) is 0 Å². The highest BCUT2D eigenvalue weighted by Gasteiger charge is 2.38.